The Bertz CT molecular complexity index is 906. The second-order valence-corrected chi connectivity index (χ2v) is 12.8. The third-order valence-corrected chi connectivity index (χ3v) is 7.03. The number of carbonyl (C=O) groups is 1. The quantitative estimate of drug-likeness (QED) is 0.442. The Balaban J connectivity index is 2.06. The smallest absolute Gasteiger partial charge is 0.228 e. The molecule has 2 aromatic rings. The maximum atomic E-state index is 13.1. The zero-order valence-corrected chi connectivity index (χ0v) is 22.8. The first-order valence-electron chi connectivity index (χ1n) is 11.8. The SMILES string of the molecule is CN(CCc1ccccn1)C(=O)C(C)(C)CCSc1cc(C(C)(C)C)c(O)c(C(C)(C)C)c1. The summed E-state index contributed by atoms with van der Waals surface area (Å²) in [7, 11) is 1.88. The van der Waals surface area contributed by atoms with Crippen LogP contribution in [0.25, 0.3) is 0 Å². The van der Waals surface area contributed by atoms with Gasteiger partial charge in [0.15, 0.2) is 0 Å². The van der Waals surface area contributed by atoms with Crippen LogP contribution < -0.4 is 0 Å². The van der Waals surface area contributed by atoms with Crippen molar-refractivity contribution < 1.29 is 9.90 Å². The summed E-state index contributed by atoms with van der Waals surface area (Å²) in [5, 5.41) is 10.9. The molecule has 33 heavy (non-hydrogen) atoms. The van der Waals surface area contributed by atoms with Crippen LogP contribution in [0.15, 0.2) is 41.4 Å². The number of phenolic OH excluding ortho intramolecular Hbond substituents is 1. The van der Waals surface area contributed by atoms with E-state index in [-0.39, 0.29) is 16.7 Å². The Hall–Kier alpha value is -2.01. The van der Waals surface area contributed by atoms with Crippen LogP contribution in [0.1, 0.15) is 78.6 Å². The van der Waals surface area contributed by atoms with Gasteiger partial charge in [-0.15, -0.1) is 11.8 Å². The molecule has 1 heterocycles. The molecule has 0 spiro atoms. The molecule has 0 saturated heterocycles. The van der Waals surface area contributed by atoms with E-state index in [0.717, 1.165) is 40.3 Å². The number of hydrogen-bond acceptors (Lipinski definition) is 4. The fourth-order valence-corrected chi connectivity index (χ4v) is 5.06. The third-order valence-electron chi connectivity index (χ3n) is 6.05. The van der Waals surface area contributed by atoms with E-state index in [1.165, 1.54) is 0 Å². The van der Waals surface area contributed by atoms with Gasteiger partial charge in [-0.2, -0.15) is 0 Å². The lowest BCUT2D eigenvalue weighted by Crippen LogP contribution is -2.39. The number of benzene rings is 1. The fraction of sp³-hybridized carbons (Fsp3) is 0.571. The van der Waals surface area contributed by atoms with Gasteiger partial charge in [-0.1, -0.05) is 61.5 Å². The lowest BCUT2D eigenvalue weighted by molar-refractivity contribution is -0.139. The molecule has 1 N–H and O–H groups in total. The summed E-state index contributed by atoms with van der Waals surface area (Å²) >= 11 is 1.76. The minimum Gasteiger partial charge on any atom is -0.507 e. The van der Waals surface area contributed by atoms with Crippen molar-refractivity contribution in [3.63, 3.8) is 0 Å². The zero-order chi connectivity index (χ0) is 25.0. The number of aromatic nitrogens is 1. The first kappa shape index (κ1) is 27.2. The van der Waals surface area contributed by atoms with E-state index >= 15 is 0 Å². The van der Waals surface area contributed by atoms with Gasteiger partial charge in [0, 0.05) is 53.3 Å². The maximum Gasteiger partial charge on any atom is 0.228 e. The van der Waals surface area contributed by atoms with Crippen LogP contribution in [0, 0.1) is 5.41 Å². The van der Waals surface area contributed by atoms with Crippen molar-refractivity contribution in [1.82, 2.24) is 9.88 Å². The molecule has 0 atom stereocenters. The predicted molar refractivity (Wildman–Crippen MR) is 140 cm³/mol. The number of hydrogen-bond donors (Lipinski definition) is 1. The molecule has 0 aliphatic carbocycles. The molecule has 1 aromatic heterocycles. The van der Waals surface area contributed by atoms with Crippen molar-refractivity contribution in [2.24, 2.45) is 5.41 Å². The minimum absolute atomic E-state index is 0.147. The Morgan fingerprint density at radius 2 is 1.58 bits per heavy atom. The number of aromatic hydroxyl groups is 1. The highest BCUT2D eigenvalue weighted by Crippen LogP contribution is 2.42. The second-order valence-electron chi connectivity index (χ2n) is 11.6. The van der Waals surface area contributed by atoms with Gasteiger partial charge in [0.2, 0.25) is 5.91 Å². The molecule has 0 aliphatic heterocycles. The maximum absolute atomic E-state index is 13.1. The van der Waals surface area contributed by atoms with Gasteiger partial charge in [0.1, 0.15) is 5.75 Å². The molecule has 182 valence electrons. The number of thioether (sulfide) groups is 1. The predicted octanol–water partition coefficient (Wildman–Crippen LogP) is 6.59. The molecule has 1 amide bonds. The second kappa shape index (κ2) is 10.5. The number of pyridine rings is 1. The van der Waals surface area contributed by atoms with Crippen molar-refractivity contribution in [3.8, 4) is 5.75 Å². The van der Waals surface area contributed by atoms with Gasteiger partial charge in [0.05, 0.1) is 0 Å². The summed E-state index contributed by atoms with van der Waals surface area (Å²) in [4.78, 5) is 20.4. The van der Waals surface area contributed by atoms with Crippen molar-refractivity contribution in [2.75, 3.05) is 19.3 Å². The average Bonchev–Trinajstić information content (AvgIpc) is 2.71. The Labute approximate surface area is 205 Å². The molecule has 0 radical (unpaired) electrons. The van der Waals surface area contributed by atoms with Crippen LogP contribution in [-0.4, -0.2) is 40.2 Å². The summed E-state index contributed by atoms with van der Waals surface area (Å²) in [6, 6.07) is 10.1. The lowest BCUT2D eigenvalue weighted by Gasteiger charge is -2.30. The van der Waals surface area contributed by atoms with Crippen molar-refractivity contribution in [3.05, 3.63) is 53.3 Å². The Kier molecular flexibility index (Phi) is 8.67. The van der Waals surface area contributed by atoms with Gasteiger partial charge in [-0.05, 0) is 47.3 Å². The van der Waals surface area contributed by atoms with Gasteiger partial charge in [-0.3, -0.25) is 9.78 Å². The summed E-state index contributed by atoms with van der Waals surface area (Å²) < 4.78 is 0. The number of carbonyl (C=O) groups excluding carboxylic acids is 1. The molecule has 2 rings (SSSR count). The molecular weight excluding hydrogens is 428 g/mol. The van der Waals surface area contributed by atoms with Gasteiger partial charge >= 0.3 is 0 Å². The number of phenols is 1. The van der Waals surface area contributed by atoms with Crippen LogP contribution in [0.5, 0.6) is 5.75 Å². The van der Waals surface area contributed by atoms with E-state index in [4.69, 9.17) is 0 Å². The zero-order valence-electron chi connectivity index (χ0n) is 22.0. The molecule has 1 aromatic carbocycles. The van der Waals surface area contributed by atoms with Crippen molar-refractivity contribution >= 4 is 17.7 Å². The molecule has 0 aliphatic rings. The van der Waals surface area contributed by atoms with E-state index in [0.29, 0.717) is 12.3 Å². The number of amides is 1. The summed E-state index contributed by atoms with van der Waals surface area (Å²) in [5.41, 5.74) is 2.21. The standard InChI is InChI=1S/C28H42N2O2S/c1-26(2,3)22-18-21(19-23(24(22)31)27(4,5)6)33-17-14-28(7,8)25(32)30(9)16-13-20-12-10-11-15-29-20/h10-12,15,18-19,31H,13-14,16-17H2,1-9H3. The van der Waals surface area contributed by atoms with E-state index in [9.17, 15) is 9.90 Å². The highest BCUT2D eigenvalue weighted by molar-refractivity contribution is 7.99. The monoisotopic (exact) mass is 470 g/mol. The molecule has 0 unspecified atom stereocenters. The summed E-state index contributed by atoms with van der Waals surface area (Å²) in [6.07, 6.45) is 3.32. The Morgan fingerprint density at radius 1 is 1.00 bits per heavy atom. The van der Waals surface area contributed by atoms with E-state index in [1.807, 2.05) is 44.0 Å². The van der Waals surface area contributed by atoms with Gasteiger partial charge in [0.25, 0.3) is 0 Å². The molecule has 0 saturated carbocycles. The topological polar surface area (TPSA) is 53.4 Å². The number of nitrogens with zero attached hydrogens (tertiary/aromatic N) is 2. The Morgan fingerprint density at radius 3 is 2.06 bits per heavy atom. The van der Waals surface area contributed by atoms with E-state index in [1.54, 1.807) is 18.0 Å². The first-order valence-corrected chi connectivity index (χ1v) is 12.8. The molecule has 4 nitrogen and oxygen atoms in total. The lowest BCUT2D eigenvalue weighted by atomic mass is 9.79. The first-order chi connectivity index (χ1) is 15.1. The van der Waals surface area contributed by atoms with Crippen molar-refractivity contribution in [2.45, 2.75) is 84.0 Å². The highest BCUT2D eigenvalue weighted by atomic mass is 32.2. The highest BCUT2D eigenvalue weighted by Gasteiger charge is 2.31. The summed E-state index contributed by atoms with van der Waals surface area (Å²) in [5.74, 6) is 1.41. The third kappa shape index (κ3) is 7.49. The largest absolute Gasteiger partial charge is 0.507 e. The molecular formula is C28H42N2O2S. The van der Waals surface area contributed by atoms with E-state index < -0.39 is 5.41 Å². The van der Waals surface area contributed by atoms with Crippen LogP contribution in [0.4, 0.5) is 0 Å². The number of likely N-dealkylation sites (N-methyl/N-ethyl adjacent to an activating group) is 1. The van der Waals surface area contributed by atoms with Crippen LogP contribution in [0.3, 0.4) is 0 Å². The van der Waals surface area contributed by atoms with Gasteiger partial charge < -0.3 is 10.0 Å². The summed E-state index contributed by atoms with van der Waals surface area (Å²) in [6.45, 7) is 17.5. The normalized spacial score (nSPS) is 12.6. The molecule has 0 bridgehead atoms. The number of rotatable bonds is 8. The van der Waals surface area contributed by atoms with E-state index in [2.05, 4.69) is 58.7 Å². The minimum atomic E-state index is -0.442. The van der Waals surface area contributed by atoms with Crippen molar-refractivity contribution in [1.29, 1.82) is 0 Å². The molecule has 5 heteroatoms. The van der Waals surface area contributed by atoms with Crippen LogP contribution in [-0.2, 0) is 22.0 Å². The fourth-order valence-electron chi connectivity index (χ4n) is 3.81. The average molecular weight is 471 g/mol. The molecule has 0 fully saturated rings. The van der Waals surface area contributed by atoms with Gasteiger partial charge in [-0.25, -0.2) is 0 Å². The van der Waals surface area contributed by atoms with Crippen LogP contribution in [0.2, 0.25) is 0 Å². The van der Waals surface area contributed by atoms with Crippen LogP contribution >= 0.6 is 11.8 Å².